The molecule has 4 nitrogen and oxygen atoms in total. The van der Waals surface area contributed by atoms with Gasteiger partial charge in [-0.05, 0) is 38.9 Å². The van der Waals surface area contributed by atoms with Gasteiger partial charge in [0.25, 0.3) is 0 Å². The molecule has 22 heavy (non-hydrogen) atoms. The van der Waals surface area contributed by atoms with Gasteiger partial charge in [0, 0.05) is 18.5 Å². The van der Waals surface area contributed by atoms with Crippen LogP contribution in [-0.2, 0) is 4.79 Å². The minimum atomic E-state index is 0. The first-order valence-electron chi connectivity index (χ1n) is 7.32. The number of benzene rings is 1. The van der Waals surface area contributed by atoms with Gasteiger partial charge in [-0.2, -0.15) is 0 Å². The lowest BCUT2D eigenvalue weighted by atomic mass is 10.0. The van der Waals surface area contributed by atoms with E-state index in [2.05, 4.69) is 22.3 Å². The van der Waals surface area contributed by atoms with Gasteiger partial charge in [-0.15, -0.1) is 24.8 Å². The molecule has 0 heterocycles. The lowest BCUT2D eigenvalue weighted by molar-refractivity contribution is -0.125. The number of halogens is 2. The normalized spacial score (nSPS) is 21.6. The summed E-state index contributed by atoms with van der Waals surface area (Å²) < 4.78 is 0. The predicted octanol–water partition coefficient (Wildman–Crippen LogP) is 2.38. The molecular formula is C16H27Cl2N3O. The second kappa shape index (κ2) is 10.1. The number of nitrogens with two attached hydrogens (primary N) is 1. The molecule has 3 atom stereocenters. The lowest BCUT2D eigenvalue weighted by Crippen LogP contribution is -2.38. The van der Waals surface area contributed by atoms with Gasteiger partial charge in [0.05, 0.1) is 6.04 Å². The maximum absolute atomic E-state index is 12.4. The third-order valence-electron chi connectivity index (χ3n) is 3.91. The van der Waals surface area contributed by atoms with E-state index in [0.717, 1.165) is 31.4 Å². The number of amides is 1. The van der Waals surface area contributed by atoms with Gasteiger partial charge in [-0.1, -0.05) is 30.3 Å². The molecule has 1 amide bonds. The first-order valence-corrected chi connectivity index (χ1v) is 7.32. The lowest BCUT2D eigenvalue weighted by Gasteiger charge is -2.24. The molecule has 0 bridgehead atoms. The Morgan fingerprint density at radius 1 is 1.27 bits per heavy atom. The summed E-state index contributed by atoms with van der Waals surface area (Å²) in [5.41, 5.74) is 7.05. The summed E-state index contributed by atoms with van der Waals surface area (Å²) in [5, 5.41) is 3.19. The summed E-state index contributed by atoms with van der Waals surface area (Å²) in [6.07, 6.45) is 2.69. The molecule has 6 heteroatoms. The van der Waals surface area contributed by atoms with Crippen molar-refractivity contribution in [1.82, 2.24) is 10.2 Å². The van der Waals surface area contributed by atoms with Crippen molar-refractivity contribution < 1.29 is 4.79 Å². The van der Waals surface area contributed by atoms with E-state index >= 15 is 0 Å². The number of rotatable bonds is 5. The van der Waals surface area contributed by atoms with Crippen LogP contribution in [0.15, 0.2) is 30.3 Å². The minimum Gasteiger partial charge on any atom is -0.348 e. The van der Waals surface area contributed by atoms with Crippen molar-refractivity contribution in [3.05, 3.63) is 35.9 Å². The second-order valence-corrected chi connectivity index (χ2v) is 6.00. The fraction of sp³-hybridized carbons (Fsp3) is 0.562. The molecule has 0 aromatic heterocycles. The van der Waals surface area contributed by atoms with Gasteiger partial charge >= 0.3 is 0 Å². The zero-order chi connectivity index (χ0) is 14.5. The Bertz CT molecular complexity index is 442. The van der Waals surface area contributed by atoms with Crippen LogP contribution in [0.3, 0.4) is 0 Å². The Morgan fingerprint density at radius 3 is 2.41 bits per heavy atom. The first kappa shape index (κ1) is 21.2. The summed E-state index contributed by atoms with van der Waals surface area (Å²) >= 11 is 0. The SMILES string of the molecule is CN(C)CC(NC(=O)C1CCC(N)C1)c1ccccc1.Cl.Cl. The van der Waals surface area contributed by atoms with Gasteiger partial charge in [-0.3, -0.25) is 4.79 Å². The molecule has 0 spiro atoms. The Hall–Kier alpha value is -0.810. The Labute approximate surface area is 145 Å². The molecule has 2 rings (SSSR count). The summed E-state index contributed by atoms with van der Waals surface area (Å²) in [6, 6.07) is 10.4. The van der Waals surface area contributed by atoms with Gasteiger partial charge in [0.15, 0.2) is 0 Å². The van der Waals surface area contributed by atoms with E-state index in [4.69, 9.17) is 5.73 Å². The maximum atomic E-state index is 12.4. The number of nitrogens with one attached hydrogen (secondary N) is 1. The van der Waals surface area contributed by atoms with Gasteiger partial charge < -0.3 is 16.0 Å². The molecule has 1 saturated carbocycles. The average Bonchev–Trinajstić information content (AvgIpc) is 2.85. The van der Waals surface area contributed by atoms with Crippen LogP contribution in [0.25, 0.3) is 0 Å². The van der Waals surface area contributed by atoms with Crippen molar-refractivity contribution in [2.24, 2.45) is 11.7 Å². The number of carbonyl (C=O) groups excluding carboxylic acids is 1. The molecule has 126 valence electrons. The number of hydrogen-bond acceptors (Lipinski definition) is 3. The highest BCUT2D eigenvalue weighted by molar-refractivity contribution is 5.85. The van der Waals surface area contributed by atoms with Crippen molar-refractivity contribution in [3.8, 4) is 0 Å². The van der Waals surface area contributed by atoms with Gasteiger partial charge in [0.1, 0.15) is 0 Å². The number of nitrogens with zero attached hydrogens (tertiary/aromatic N) is 1. The Kier molecular flexibility index (Phi) is 9.69. The van der Waals surface area contributed by atoms with E-state index in [1.165, 1.54) is 0 Å². The quantitative estimate of drug-likeness (QED) is 0.859. The molecule has 3 unspecified atom stereocenters. The fourth-order valence-electron chi connectivity index (χ4n) is 2.83. The fourth-order valence-corrected chi connectivity index (χ4v) is 2.83. The molecule has 1 aromatic rings. The Morgan fingerprint density at radius 2 is 1.91 bits per heavy atom. The van der Waals surface area contributed by atoms with Crippen molar-refractivity contribution in [1.29, 1.82) is 0 Å². The maximum Gasteiger partial charge on any atom is 0.223 e. The molecule has 0 aliphatic heterocycles. The van der Waals surface area contributed by atoms with Crippen molar-refractivity contribution >= 4 is 30.7 Å². The molecule has 3 N–H and O–H groups in total. The molecule has 0 radical (unpaired) electrons. The minimum absolute atomic E-state index is 0. The van der Waals surface area contributed by atoms with Crippen LogP contribution in [0.2, 0.25) is 0 Å². The topological polar surface area (TPSA) is 58.4 Å². The zero-order valence-corrected chi connectivity index (χ0v) is 14.8. The van der Waals surface area contributed by atoms with Crippen molar-refractivity contribution in [2.75, 3.05) is 20.6 Å². The summed E-state index contributed by atoms with van der Waals surface area (Å²) in [4.78, 5) is 14.5. The van der Waals surface area contributed by atoms with Crippen molar-refractivity contribution in [2.45, 2.75) is 31.3 Å². The average molecular weight is 348 g/mol. The van der Waals surface area contributed by atoms with E-state index < -0.39 is 0 Å². The highest BCUT2D eigenvalue weighted by Gasteiger charge is 2.29. The van der Waals surface area contributed by atoms with Gasteiger partial charge in [-0.25, -0.2) is 0 Å². The van der Waals surface area contributed by atoms with E-state index in [9.17, 15) is 4.79 Å². The summed E-state index contributed by atoms with van der Waals surface area (Å²) in [7, 11) is 4.04. The smallest absolute Gasteiger partial charge is 0.223 e. The summed E-state index contributed by atoms with van der Waals surface area (Å²) in [6.45, 7) is 0.800. The molecule has 1 fully saturated rings. The van der Waals surface area contributed by atoms with Crippen LogP contribution >= 0.6 is 24.8 Å². The zero-order valence-electron chi connectivity index (χ0n) is 13.2. The van der Waals surface area contributed by atoms with Gasteiger partial charge in [0.2, 0.25) is 5.91 Å². The van der Waals surface area contributed by atoms with E-state index in [0.29, 0.717) is 0 Å². The summed E-state index contributed by atoms with van der Waals surface area (Å²) in [5.74, 6) is 0.229. The van der Waals surface area contributed by atoms with Crippen molar-refractivity contribution in [3.63, 3.8) is 0 Å². The van der Waals surface area contributed by atoms with Crippen LogP contribution in [0.1, 0.15) is 30.9 Å². The van der Waals surface area contributed by atoms with Crippen LogP contribution < -0.4 is 11.1 Å². The standard InChI is InChI=1S/C16H25N3O.2ClH/c1-19(2)11-15(12-6-4-3-5-7-12)18-16(20)13-8-9-14(17)10-13;;/h3-7,13-15H,8-11,17H2,1-2H3,(H,18,20);2*1H. The molecule has 1 aliphatic carbocycles. The monoisotopic (exact) mass is 347 g/mol. The first-order chi connectivity index (χ1) is 9.56. The molecule has 1 aliphatic rings. The van der Waals surface area contributed by atoms with Crippen LogP contribution in [0, 0.1) is 5.92 Å². The molecule has 0 saturated heterocycles. The van der Waals surface area contributed by atoms with E-state index in [-0.39, 0.29) is 48.7 Å². The molecular weight excluding hydrogens is 321 g/mol. The number of hydrogen-bond donors (Lipinski definition) is 2. The highest BCUT2D eigenvalue weighted by atomic mass is 35.5. The second-order valence-electron chi connectivity index (χ2n) is 6.00. The highest BCUT2D eigenvalue weighted by Crippen LogP contribution is 2.25. The van der Waals surface area contributed by atoms with Crippen LogP contribution in [0.5, 0.6) is 0 Å². The van der Waals surface area contributed by atoms with E-state index in [1.54, 1.807) is 0 Å². The predicted molar refractivity (Wildman–Crippen MR) is 95.7 cm³/mol. The number of carbonyl (C=O) groups is 1. The van der Waals surface area contributed by atoms with Crippen LogP contribution in [-0.4, -0.2) is 37.5 Å². The Balaban J connectivity index is 0.00000220. The largest absolute Gasteiger partial charge is 0.348 e. The number of likely N-dealkylation sites (N-methyl/N-ethyl adjacent to an activating group) is 1. The van der Waals surface area contributed by atoms with Crippen LogP contribution in [0.4, 0.5) is 0 Å². The third kappa shape index (κ3) is 6.13. The third-order valence-corrected chi connectivity index (χ3v) is 3.91. The molecule has 1 aromatic carbocycles. The van der Waals surface area contributed by atoms with E-state index in [1.807, 2.05) is 32.3 Å².